The van der Waals surface area contributed by atoms with E-state index in [2.05, 4.69) is 20.6 Å². The standard InChI is InChI=1S/C14H25N5O/c1-7-16-11-9(4)12(18-10(17-11)8(2)3)19-14(5,6)13(15)20/h8H,7H2,1-6H3,(H2,15,20)(H2,16,17,18,19). The van der Waals surface area contributed by atoms with Crippen LogP contribution in [0.25, 0.3) is 0 Å². The normalized spacial score (nSPS) is 11.6. The van der Waals surface area contributed by atoms with Crippen LogP contribution in [-0.2, 0) is 4.79 Å². The summed E-state index contributed by atoms with van der Waals surface area (Å²) in [5.74, 6) is 1.93. The molecule has 1 aromatic rings. The van der Waals surface area contributed by atoms with Gasteiger partial charge >= 0.3 is 0 Å². The quantitative estimate of drug-likeness (QED) is 0.740. The van der Waals surface area contributed by atoms with Crippen LogP contribution in [0.2, 0.25) is 0 Å². The topological polar surface area (TPSA) is 92.9 Å². The average Bonchev–Trinajstić information content (AvgIpc) is 2.33. The highest BCUT2D eigenvalue weighted by atomic mass is 16.1. The molecular weight excluding hydrogens is 254 g/mol. The largest absolute Gasteiger partial charge is 0.370 e. The zero-order valence-corrected chi connectivity index (χ0v) is 13.2. The molecule has 0 aliphatic carbocycles. The molecule has 0 aliphatic rings. The highest BCUT2D eigenvalue weighted by Crippen LogP contribution is 2.25. The number of hydrogen-bond acceptors (Lipinski definition) is 5. The molecule has 0 bridgehead atoms. The minimum absolute atomic E-state index is 0.199. The summed E-state index contributed by atoms with van der Waals surface area (Å²) in [5.41, 5.74) is 5.42. The first-order valence-corrected chi connectivity index (χ1v) is 6.89. The van der Waals surface area contributed by atoms with Crippen molar-refractivity contribution < 1.29 is 4.79 Å². The second-order valence-electron chi connectivity index (χ2n) is 5.70. The van der Waals surface area contributed by atoms with Crippen LogP contribution in [0.3, 0.4) is 0 Å². The van der Waals surface area contributed by atoms with Crippen LogP contribution in [0.5, 0.6) is 0 Å². The molecule has 1 aromatic heterocycles. The Labute approximate surface area is 120 Å². The predicted octanol–water partition coefficient (Wildman–Crippen LogP) is 2.02. The molecular formula is C14H25N5O. The van der Waals surface area contributed by atoms with E-state index in [1.165, 1.54) is 0 Å². The number of carbonyl (C=O) groups excluding carboxylic acids is 1. The molecule has 0 radical (unpaired) electrons. The monoisotopic (exact) mass is 279 g/mol. The van der Waals surface area contributed by atoms with Gasteiger partial charge in [0.25, 0.3) is 0 Å². The lowest BCUT2D eigenvalue weighted by molar-refractivity contribution is -0.121. The number of nitrogens with zero attached hydrogens (tertiary/aromatic N) is 2. The van der Waals surface area contributed by atoms with Crippen molar-refractivity contribution in [3.05, 3.63) is 11.4 Å². The second kappa shape index (κ2) is 6.07. The lowest BCUT2D eigenvalue weighted by Gasteiger charge is -2.25. The summed E-state index contributed by atoms with van der Waals surface area (Å²) in [4.78, 5) is 20.5. The average molecular weight is 279 g/mol. The minimum Gasteiger partial charge on any atom is -0.370 e. The van der Waals surface area contributed by atoms with Gasteiger partial charge in [0.05, 0.1) is 0 Å². The van der Waals surface area contributed by atoms with E-state index < -0.39 is 11.4 Å². The van der Waals surface area contributed by atoms with Crippen molar-refractivity contribution in [1.29, 1.82) is 0 Å². The number of amides is 1. The fourth-order valence-electron chi connectivity index (χ4n) is 1.61. The third-order valence-corrected chi connectivity index (χ3v) is 3.07. The van der Waals surface area contributed by atoms with Crippen LogP contribution in [-0.4, -0.2) is 28.0 Å². The van der Waals surface area contributed by atoms with Gasteiger partial charge in [0.2, 0.25) is 5.91 Å². The molecule has 0 spiro atoms. The van der Waals surface area contributed by atoms with Gasteiger partial charge < -0.3 is 16.4 Å². The molecule has 20 heavy (non-hydrogen) atoms. The Morgan fingerprint density at radius 3 is 2.30 bits per heavy atom. The van der Waals surface area contributed by atoms with Crippen molar-refractivity contribution in [3.63, 3.8) is 0 Å². The van der Waals surface area contributed by atoms with Gasteiger partial charge in [-0.3, -0.25) is 4.79 Å². The third-order valence-electron chi connectivity index (χ3n) is 3.07. The first-order chi connectivity index (χ1) is 9.19. The van der Waals surface area contributed by atoms with Gasteiger partial charge in [-0.1, -0.05) is 13.8 Å². The highest BCUT2D eigenvalue weighted by Gasteiger charge is 2.26. The van der Waals surface area contributed by atoms with E-state index >= 15 is 0 Å². The van der Waals surface area contributed by atoms with E-state index in [1.54, 1.807) is 13.8 Å². The Balaban J connectivity index is 3.27. The van der Waals surface area contributed by atoms with Crippen molar-refractivity contribution in [2.24, 2.45) is 5.73 Å². The van der Waals surface area contributed by atoms with E-state index in [1.807, 2.05) is 27.7 Å². The summed E-state index contributed by atoms with van der Waals surface area (Å²) in [6.45, 7) is 12.2. The number of aromatic nitrogens is 2. The van der Waals surface area contributed by atoms with Gasteiger partial charge in [-0.05, 0) is 27.7 Å². The number of anilines is 2. The molecule has 112 valence electrons. The number of carbonyl (C=O) groups is 1. The van der Waals surface area contributed by atoms with E-state index in [9.17, 15) is 4.79 Å². The number of hydrogen-bond donors (Lipinski definition) is 3. The maximum atomic E-state index is 11.5. The molecule has 0 fully saturated rings. The van der Waals surface area contributed by atoms with Crippen molar-refractivity contribution >= 4 is 17.5 Å². The summed E-state index contributed by atoms with van der Waals surface area (Å²) >= 11 is 0. The number of primary amides is 1. The van der Waals surface area contributed by atoms with Gasteiger partial charge in [0, 0.05) is 18.0 Å². The molecule has 0 unspecified atom stereocenters. The van der Waals surface area contributed by atoms with Crippen LogP contribution in [0.15, 0.2) is 0 Å². The summed E-state index contributed by atoms with van der Waals surface area (Å²) in [6.07, 6.45) is 0. The van der Waals surface area contributed by atoms with E-state index in [4.69, 9.17) is 5.73 Å². The number of nitrogens with one attached hydrogen (secondary N) is 2. The zero-order valence-electron chi connectivity index (χ0n) is 13.2. The van der Waals surface area contributed by atoms with E-state index in [0.29, 0.717) is 5.82 Å². The van der Waals surface area contributed by atoms with Crippen molar-refractivity contribution in [2.45, 2.75) is 53.0 Å². The van der Waals surface area contributed by atoms with Gasteiger partial charge in [-0.15, -0.1) is 0 Å². The molecule has 0 atom stereocenters. The Bertz CT molecular complexity index is 497. The smallest absolute Gasteiger partial charge is 0.242 e. The van der Waals surface area contributed by atoms with Crippen molar-refractivity contribution in [2.75, 3.05) is 17.2 Å². The first-order valence-electron chi connectivity index (χ1n) is 6.89. The Morgan fingerprint density at radius 2 is 1.85 bits per heavy atom. The van der Waals surface area contributed by atoms with Crippen LogP contribution in [0.4, 0.5) is 11.6 Å². The Hall–Kier alpha value is -1.85. The molecule has 6 heteroatoms. The van der Waals surface area contributed by atoms with Crippen molar-refractivity contribution in [3.8, 4) is 0 Å². The Kier molecular flexibility index (Phi) is 4.92. The molecule has 1 heterocycles. The summed E-state index contributed by atoms with van der Waals surface area (Å²) < 4.78 is 0. The number of rotatable bonds is 6. The first kappa shape index (κ1) is 16.2. The number of nitrogens with two attached hydrogens (primary N) is 1. The van der Waals surface area contributed by atoms with Gasteiger partial charge in [0.15, 0.2) is 0 Å². The lowest BCUT2D eigenvalue weighted by Crippen LogP contribution is -2.45. The molecule has 4 N–H and O–H groups in total. The molecule has 0 saturated heterocycles. The second-order valence-corrected chi connectivity index (χ2v) is 5.70. The van der Waals surface area contributed by atoms with Gasteiger partial charge in [-0.25, -0.2) is 9.97 Å². The third kappa shape index (κ3) is 3.59. The molecule has 1 amide bonds. The van der Waals surface area contributed by atoms with Crippen LogP contribution >= 0.6 is 0 Å². The van der Waals surface area contributed by atoms with Crippen LogP contribution < -0.4 is 16.4 Å². The van der Waals surface area contributed by atoms with Crippen LogP contribution in [0, 0.1) is 6.92 Å². The summed E-state index contributed by atoms with van der Waals surface area (Å²) in [5, 5.41) is 6.33. The highest BCUT2D eigenvalue weighted by molar-refractivity contribution is 5.87. The molecule has 0 aliphatic heterocycles. The van der Waals surface area contributed by atoms with Gasteiger partial charge in [-0.2, -0.15) is 0 Å². The Morgan fingerprint density at radius 1 is 1.30 bits per heavy atom. The van der Waals surface area contributed by atoms with Crippen LogP contribution in [0.1, 0.15) is 51.9 Å². The van der Waals surface area contributed by atoms with Gasteiger partial charge in [0.1, 0.15) is 23.0 Å². The maximum absolute atomic E-state index is 11.5. The molecule has 1 rings (SSSR count). The molecule has 0 saturated carbocycles. The van der Waals surface area contributed by atoms with E-state index in [-0.39, 0.29) is 5.92 Å². The lowest BCUT2D eigenvalue weighted by atomic mass is 10.0. The SMILES string of the molecule is CCNc1nc(C(C)C)nc(NC(C)(C)C(N)=O)c1C. The molecule has 6 nitrogen and oxygen atoms in total. The fraction of sp³-hybridized carbons (Fsp3) is 0.643. The zero-order chi connectivity index (χ0) is 15.5. The van der Waals surface area contributed by atoms with Crippen molar-refractivity contribution in [1.82, 2.24) is 9.97 Å². The predicted molar refractivity (Wildman–Crippen MR) is 81.9 cm³/mol. The molecule has 0 aromatic carbocycles. The van der Waals surface area contributed by atoms with E-state index in [0.717, 1.165) is 23.8 Å². The summed E-state index contributed by atoms with van der Waals surface area (Å²) in [6, 6.07) is 0. The summed E-state index contributed by atoms with van der Waals surface area (Å²) in [7, 11) is 0. The maximum Gasteiger partial charge on any atom is 0.242 e. The fourth-order valence-corrected chi connectivity index (χ4v) is 1.61. The minimum atomic E-state index is -0.864.